The minimum absolute atomic E-state index is 0.0782. The molecule has 1 fully saturated rings. The summed E-state index contributed by atoms with van der Waals surface area (Å²) in [7, 11) is 0. The maximum absolute atomic E-state index is 12.9. The molecule has 146 valence electrons. The number of nitrogens with zero attached hydrogens (tertiary/aromatic N) is 1. The number of rotatable bonds is 3. The zero-order chi connectivity index (χ0) is 20.6. The van der Waals surface area contributed by atoms with Crippen molar-refractivity contribution in [2.24, 2.45) is 0 Å². The van der Waals surface area contributed by atoms with E-state index in [1.54, 1.807) is 6.08 Å². The van der Waals surface area contributed by atoms with E-state index in [1.165, 1.54) is 10.5 Å². The van der Waals surface area contributed by atoms with E-state index >= 15 is 0 Å². The first-order valence-electron chi connectivity index (χ1n) is 9.65. The summed E-state index contributed by atoms with van der Waals surface area (Å²) in [5.41, 5.74) is 3.21. The van der Waals surface area contributed by atoms with Crippen molar-refractivity contribution in [1.29, 1.82) is 0 Å². The van der Waals surface area contributed by atoms with Gasteiger partial charge in [0.15, 0.2) is 0 Å². The second-order valence-corrected chi connectivity index (χ2v) is 9.27. The van der Waals surface area contributed by atoms with E-state index in [0.29, 0.717) is 4.91 Å². The van der Waals surface area contributed by atoms with Gasteiger partial charge in [0.25, 0.3) is 11.1 Å². The first kappa shape index (κ1) is 19.5. The molecular formula is C25H23NO2S. The molecule has 4 heteroatoms. The Labute approximate surface area is 175 Å². The van der Waals surface area contributed by atoms with E-state index < -0.39 is 0 Å². The number of imide groups is 1. The largest absolute Gasteiger partial charge is 0.293 e. The summed E-state index contributed by atoms with van der Waals surface area (Å²) in [6.45, 7) is 6.79. The van der Waals surface area contributed by atoms with Gasteiger partial charge in [0.05, 0.1) is 11.4 Å². The highest BCUT2D eigenvalue weighted by atomic mass is 32.2. The van der Waals surface area contributed by atoms with Crippen LogP contribution in [-0.4, -0.2) is 16.0 Å². The molecule has 2 amide bonds. The summed E-state index contributed by atoms with van der Waals surface area (Å²) < 4.78 is 0. The molecule has 1 heterocycles. The highest BCUT2D eigenvalue weighted by Crippen LogP contribution is 2.34. The number of benzene rings is 3. The van der Waals surface area contributed by atoms with Gasteiger partial charge in [-0.1, -0.05) is 87.5 Å². The van der Waals surface area contributed by atoms with E-state index in [2.05, 4.69) is 32.9 Å². The summed E-state index contributed by atoms with van der Waals surface area (Å²) in [4.78, 5) is 27.2. The standard InChI is InChI=1S/C25H23NO2S/c1-25(2,3)20-13-11-17(12-14-20)15-22-23(27)26(24(28)29-22)16-19-9-6-8-18-7-4-5-10-21(18)19/h4-15H,16H2,1-3H3/b22-15-. The van der Waals surface area contributed by atoms with Gasteiger partial charge < -0.3 is 0 Å². The fraction of sp³-hybridized carbons (Fsp3) is 0.200. The first-order chi connectivity index (χ1) is 13.8. The second-order valence-electron chi connectivity index (χ2n) is 8.28. The highest BCUT2D eigenvalue weighted by molar-refractivity contribution is 8.18. The lowest BCUT2D eigenvalue weighted by molar-refractivity contribution is -0.123. The number of carbonyl (C=O) groups is 2. The summed E-state index contributed by atoms with van der Waals surface area (Å²) in [5, 5.41) is 1.95. The zero-order valence-electron chi connectivity index (χ0n) is 16.8. The SMILES string of the molecule is CC(C)(C)c1ccc(/C=C2\SC(=O)N(Cc3cccc4ccccc34)C2=O)cc1. The molecule has 3 aromatic rings. The number of thioether (sulfide) groups is 1. The third-order valence-corrected chi connectivity index (χ3v) is 6.06. The predicted octanol–water partition coefficient (Wildman–Crippen LogP) is 6.37. The normalized spacial score (nSPS) is 16.2. The van der Waals surface area contributed by atoms with Gasteiger partial charge in [-0.05, 0) is 50.7 Å². The molecule has 0 spiro atoms. The summed E-state index contributed by atoms with van der Waals surface area (Å²) in [6, 6.07) is 22.1. The Hall–Kier alpha value is -2.85. The van der Waals surface area contributed by atoms with E-state index in [1.807, 2.05) is 54.6 Å². The van der Waals surface area contributed by atoms with Gasteiger partial charge in [0.1, 0.15) is 0 Å². The first-order valence-corrected chi connectivity index (χ1v) is 10.5. The Morgan fingerprint density at radius 2 is 1.59 bits per heavy atom. The van der Waals surface area contributed by atoms with Crippen LogP contribution in [0.5, 0.6) is 0 Å². The second kappa shape index (κ2) is 7.53. The Morgan fingerprint density at radius 3 is 2.31 bits per heavy atom. The third-order valence-electron chi connectivity index (χ3n) is 5.16. The quantitative estimate of drug-likeness (QED) is 0.478. The average Bonchev–Trinajstić information content (AvgIpc) is 2.95. The average molecular weight is 402 g/mol. The van der Waals surface area contributed by atoms with E-state index in [9.17, 15) is 9.59 Å². The van der Waals surface area contributed by atoms with Crippen LogP contribution in [0, 0.1) is 0 Å². The molecule has 29 heavy (non-hydrogen) atoms. The molecule has 3 nitrogen and oxygen atoms in total. The Balaban J connectivity index is 1.58. The van der Waals surface area contributed by atoms with Crippen molar-refractivity contribution in [2.75, 3.05) is 0 Å². The lowest BCUT2D eigenvalue weighted by Crippen LogP contribution is -2.27. The smallest absolute Gasteiger partial charge is 0.268 e. The van der Waals surface area contributed by atoms with Crippen LogP contribution >= 0.6 is 11.8 Å². The van der Waals surface area contributed by atoms with Gasteiger partial charge in [-0.2, -0.15) is 0 Å². The Bertz CT molecular complexity index is 1120. The molecule has 0 unspecified atom stereocenters. The molecule has 1 aliphatic heterocycles. The molecular weight excluding hydrogens is 378 g/mol. The monoisotopic (exact) mass is 401 g/mol. The summed E-state index contributed by atoms with van der Waals surface area (Å²) in [5.74, 6) is -0.229. The summed E-state index contributed by atoms with van der Waals surface area (Å²) >= 11 is 1.01. The molecule has 4 rings (SSSR count). The van der Waals surface area contributed by atoms with Crippen molar-refractivity contribution in [2.45, 2.75) is 32.7 Å². The van der Waals surface area contributed by atoms with Crippen molar-refractivity contribution in [3.63, 3.8) is 0 Å². The fourth-order valence-electron chi connectivity index (χ4n) is 3.47. The molecule has 0 atom stereocenters. The fourth-order valence-corrected chi connectivity index (χ4v) is 4.31. The van der Waals surface area contributed by atoms with Crippen molar-refractivity contribution < 1.29 is 9.59 Å². The lowest BCUT2D eigenvalue weighted by Gasteiger charge is -2.18. The van der Waals surface area contributed by atoms with Gasteiger partial charge in [-0.3, -0.25) is 14.5 Å². The Morgan fingerprint density at radius 1 is 0.897 bits per heavy atom. The maximum Gasteiger partial charge on any atom is 0.293 e. The molecule has 0 aliphatic carbocycles. The van der Waals surface area contributed by atoms with E-state index in [-0.39, 0.29) is 23.1 Å². The highest BCUT2D eigenvalue weighted by Gasteiger charge is 2.35. The Kier molecular flexibility index (Phi) is 5.05. The van der Waals surface area contributed by atoms with Crippen molar-refractivity contribution in [1.82, 2.24) is 4.90 Å². The van der Waals surface area contributed by atoms with E-state index in [0.717, 1.165) is 33.7 Å². The van der Waals surface area contributed by atoms with Crippen LogP contribution in [0.1, 0.15) is 37.5 Å². The molecule has 0 aromatic heterocycles. The molecule has 1 aliphatic rings. The van der Waals surface area contributed by atoms with Crippen LogP contribution in [0.25, 0.3) is 16.8 Å². The van der Waals surface area contributed by atoms with Crippen molar-refractivity contribution in [3.05, 3.63) is 88.3 Å². The number of carbonyl (C=O) groups excluding carboxylic acids is 2. The van der Waals surface area contributed by atoms with Crippen LogP contribution in [0.4, 0.5) is 4.79 Å². The molecule has 0 bridgehead atoms. The number of hydrogen-bond donors (Lipinski definition) is 0. The molecule has 0 N–H and O–H groups in total. The molecule has 0 saturated carbocycles. The third kappa shape index (κ3) is 3.99. The van der Waals surface area contributed by atoms with Crippen LogP contribution < -0.4 is 0 Å². The topological polar surface area (TPSA) is 37.4 Å². The molecule has 3 aromatic carbocycles. The van der Waals surface area contributed by atoms with E-state index in [4.69, 9.17) is 0 Å². The van der Waals surface area contributed by atoms with Gasteiger partial charge in [0, 0.05) is 0 Å². The zero-order valence-corrected chi connectivity index (χ0v) is 17.6. The van der Waals surface area contributed by atoms with Crippen molar-refractivity contribution in [3.8, 4) is 0 Å². The number of fused-ring (bicyclic) bond motifs is 1. The van der Waals surface area contributed by atoms with Gasteiger partial charge >= 0.3 is 0 Å². The van der Waals surface area contributed by atoms with Crippen LogP contribution in [0.15, 0.2) is 71.6 Å². The molecule has 1 saturated heterocycles. The van der Waals surface area contributed by atoms with Crippen LogP contribution in [0.2, 0.25) is 0 Å². The van der Waals surface area contributed by atoms with Gasteiger partial charge in [-0.15, -0.1) is 0 Å². The van der Waals surface area contributed by atoms with Gasteiger partial charge in [0.2, 0.25) is 0 Å². The predicted molar refractivity (Wildman–Crippen MR) is 121 cm³/mol. The lowest BCUT2D eigenvalue weighted by atomic mass is 9.87. The maximum atomic E-state index is 12.9. The minimum atomic E-state index is -0.229. The van der Waals surface area contributed by atoms with Crippen LogP contribution in [-0.2, 0) is 16.8 Å². The van der Waals surface area contributed by atoms with Crippen LogP contribution in [0.3, 0.4) is 0 Å². The number of amides is 2. The number of hydrogen-bond acceptors (Lipinski definition) is 3. The molecule has 0 radical (unpaired) electrons. The minimum Gasteiger partial charge on any atom is -0.268 e. The van der Waals surface area contributed by atoms with Gasteiger partial charge in [-0.25, -0.2) is 0 Å². The summed E-state index contributed by atoms with van der Waals surface area (Å²) in [6.07, 6.45) is 1.81. The van der Waals surface area contributed by atoms with Crippen molar-refractivity contribution >= 4 is 39.8 Å².